The van der Waals surface area contributed by atoms with Gasteiger partial charge in [0.2, 0.25) is 10.0 Å². The van der Waals surface area contributed by atoms with Gasteiger partial charge in [0.05, 0.1) is 16.5 Å². The van der Waals surface area contributed by atoms with Crippen LogP contribution in [0.4, 0.5) is 0 Å². The van der Waals surface area contributed by atoms with E-state index in [0.717, 1.165) is 4.31 Å². The molecule has 1 heterocycles. The van der Waals surface area contributed by atoms with Crippen LogP contribution < -0.4 is 0 Å². The maximum atomic E-state index is 12.6. The van der Waals surface area contributed by atoms with Gasteiger partial charge in [-0.05, 0) is 49.9 Å². The predicted octanol–water partition coefficient (Wildman–Crippen LogP) is 1.49. The van der Waals surface area contributed by atoms with E-state index in [1.165, 1.54) is 18.2 Å². The third-order valence-electron chi connectivity index (χ3n) is 3.66. The molecule has 0 saturated carbocycles. The average molecular weight is 308 g/mol. The minimum atomic E-state index is -3.86. The first-order valence-corrected chi connectivity index (χ1v) is 8.07. The lowest BCUT2D eigenvalue weighted by molar-refractivity contribution is -0.142. The van der Waals surface area contributed by atoms with Gasteiger partial charge in [0.15, 0.2) is 0 Å². The third kappa shape index (κ3) is 2.91. The zero-order valence-electron chi connectivity index (χ0n) is 11.6. The van der Waals surface area contributed by atoms with Crippen molar-refractivity contribution in [2.45, 2.75) is 37.1 Å². The first kappa shape index (κ1) is 15.5. The molecule has 21 heavy (non-hydrogen) atoms. The van der Waals surface area contributed by atoms with Crippen LogP contribution in [0.2, 0.25) is 0 Å². The van der Waals surface area contributed by atoms with Crippen LogP contribution in [0.25, 0.3) is 0 Å². The second kappa shape index (κ2) is 5.84. The number of carboxylic acid groups (broad SMARTS) is 1. The number of benzene rings is 1. The molecule has 6 nitrogen and oxygen atoms in total. The topological polar surface area (TPSA) is 98.5 Å². The minimum absolute atomic E-state index is 0.0344. The Bertz CT molecular complexity index is 706. The monoisotopic (exact) mass is 308 g/mol. The first-order valence-electron chi connectivity index (χ1n) is 6.63. The minimum Gasteiger partial charge on any atom is -0.480 e. The van der Waals surface area contributed by atoms with Crippen LogP contribution >= 0.6 is 0 Å². The summed E-state index contributed by atoms with van der Waals surface area (Å²) >= 11 is 0. The number of piperidine rings is 1. The van der Waals surface area contributed by atoms with E-state index in [9.17, 15) is 18.3 Å². The van der Waals surface area contributed by atoms with Gasteiger partial charge in [-0.3, -0.25) is 4.79 Å². The molecule has 7 heteroatoms. The summed E-state index contributed by atoms with van der Waals surface area (Å²) in [7, 11) is -3.86. The predicted molar refractivity (Wildman–Crippen MR) is 75.1 cm³/mol. The molecule has 1 aromatic rings. The Morgan fingerprint density at radius 3 is 2.71 bits per heavy atom. The quantitative estimate of drug-likeness (QED) is 0.912. The summed E-state index contributed by atoms with van der Waals surface area (Å²) in [4.78, 5) is 11.3. The second-order valence-electron chi connectivity index (χ2n) is 5.05. The van der Waals surface area contributed by atoms with Crippen LogP contribution in [0.3, 0.4) is 0 Å². The molecule has 1 fully saturated rings. The van der Waals surface area contributed by atoms with Crippen molar-refractivity contribution >= 4 is 16.0 Å². The van der Waals surface area contributed by atoms with E-state index in [1.807, 2.05) is 6.07 Å². The lowest BCUT2D eigenvalue weighted by Gasteiger charge is -2.31. The number of carbonyl (C=O) groups is 1. The van der Waals surface area contributed by atoms with Crippen LogP contribution in [-0.4, -0.2) is 36.4 Å². The summed E-state index contributed by atoms with van der Waals surface area (Å²) in [5, 5.41) is 18.1. The normalized spacial score (nSPS) is 19.9. The molecule has 0 spiro atoms. The largest absolute Gasteiger partial charge is 0.480 e. The molecule has 0 amide bonds. The Hall–Kier alpha value is -1.91. The van der Waals surface area contributed by atoms with Gasteiger partial charge in [0.25, 0.3) is 0 Å². The average Bonchev–Trinajstić information content (AvgIpc) is 2.47. The highest BCUT2D eigenvalue weighted by Crippen LogP contribution is 2.26. The van der Waals surface area contributed by atoms with Gasteiger partial charge in [-0.15, -0.1) is 0 Å². The highest BCUT2D eigenvalue weighted by molar-refractivity contribution is 7.89. The zero-order valence-corrected chi connectivity index (χ0v) is 12.4. The molecule has 1 saturated heterocycles. The first-order chi connectivity index (χ1) is 9.87. The van der Waals surface area contributed by atoms with Crippen LogP contribution in [0, 0.1) is 18.3 Å². The summed E-state index contributed by atoms with van der Waals surface area (Å²) in [6.07, 6.45) is 1.68. The van der Waals surface area contributed by atoms with Crippen molar-refractivity contribution in [1.29, 1.82) is 5.26 Å². The SMILES string of the molecule is Cc1cc(S(=O)(=O)N2CCCC[C@@H]2C(=O)O)ccc1C#N. The van der Waals surface area contributed by atoms with Crippen molar-refractivity contribution in [3.63, 3.8) is 0 Å². The molecule has 2 rings (SSSR count). The van der Waals surface area contributed by atoms with E-state index in [4.69, 9.17) is 5.26 Å². The molecular weight excluding hydrogens is 292 g/mol. The van der Waals surface area contributed by atoms with Crippen LogP contribution in [0.15, 0.2) is 23.1 Å². The zero-order chi connectivity index (χ0) is 15.6. The number of hydrogen-bond acceptors (Lipinski definition) is 4. The molecule has 1 aliphatic heterocycles. The fourth-order valence-corrected chi connectivity index (χ4v) is 4.23. The summed E-state index contributed by atoms with van der Waals surface area (Å²) in [5.74, 6) is -1.12. The molecule has 1 aliphatic rings. The highest BCUT2D eigenvalue weighted by Gasteiger charge is 2.37. The Morgan fingerprint density at radius 1 is 1.43 bits per heavy atom. The van der Waals surface area contributed by atoms with E-state index >= 15 is 0 Å². The Morgan fingerprint density at radius 2 is 2.14 bits per heavy atom. The molecular formula is C14H16N2O4S. The summed E-state index contributed by atoms with van der Waals surface area (Å²) < 4.78 is 26.3. The Labute approximate surface area is 123 Å². The van der Waals surface area contributed by atoms with Gasteiger partial charge in [0.1, 0.15) is 6.04 Å². The number of nitrogens with zero attached hydrogens (tertiary/aromatic N) is 2. The van der Waals surface area contributed by atoms with Crippen molar-refractivity contribution in [3.8, 4) is 6.07 Å². The summed E-state index contributed by atoms with van der Waals surface area (Å²) in [5.41, 5.74) is 0.963. The Balaban J connectivity index is 2.43. The van der Waals surface area contributed by atoms with Gasteiger partial charge in [-0.1, -0.05) is 0 Å². The van der Waals surface area contributed by atoms with E-state index in [2.05, 4.69) is 0 Å². The van der Waals surface area contributed by atoms with Gasteiger partial charge in [-0.25, -0.2) is 8.42 Å². The van der Waals surface area contributed by atoms with Crippen LogP contribution in [-0.2, 0) is 14.8 Å². The second-order valence-corrected chi connectivity index (χ2v) is 6.94. The number of nitriles is 1. The molecule has 1 atom stereocenters. The molecule has 0 aliphatic carbocycles. The molecule has 0 radical (unpaired) electrons. The fourth-order valence-electron chi connectivity index (χ4n) is 2.50. The number of hydrogen-bond donors (Lipinski definition) is 1. The summed E-state index contributed by atoms with van der Waals surface area (Å²) in [6.45, 7) is 1.86. The number of carboxylic acids is 1. The number of aryl methyl sites for hydroxylation is 1. The molecule has 1 N–H and O–H groups in total. The van der Waals surface area contributed by atoms with Crippen molar-refractivity contribution in [2.75, 3.05) is 6.54 Å². The standard InChI is InChI=1S/C14H16N2O4S/c1-10-8-12(6-5-11(10)9-15)21(19,20)16-7-3-2-4-13(16)14(17)18/h5-6,8,13H,2-4,7H2,1H3,(H,17,18)/t13-/m1/s1. The van der Waals surface area contributed by atoms with Crippen molar-refractivity contribution < 1.29 is 18.3 Å². The third-order valence-corrected chi connectivity index (χ3v) is 5.57. The van der Waals surface area contributed by atoms with Gasteiger partial charge in [-0.2, -0.15) is 9.57 Å². The molecule has 0 aromatic heterocycles. The molecule has 0 bridgehead atoms. The van der Waals surface area contributed by atoms with Gasteiger partial charge < -0.3 is 5.11 Å². The van der Waals surface area contributed by atoms with E-state index in [-0.39, 0.29) is 11.4 Å². The van der Waals surface area contributed by atoms with Crippen molar-refractivity contribution in [3.05, 3.63) is 29.3 Å². The fraction of sp³-hybridized carbons (Fsp3) is 0.429. The Kier molecular flexibility index (Phi) is 4.30. The highest BCUT2D eigenvalue weighted by atomic mass is 32.2. The van der Waals surface area contributed by atoms with Crippen LogP contribution in [0.1, 0.15) is 30.4 Å². The lowest BCUT2D eigenvalue weighted by atomic mass is 10.1. The van der Waals surface area contributed by atoms with Crippen molar-refractivity contribution in [2.24, 2.45) is 0 Å². The lowest BCUT2D eigenvalue weighted by Crippen LogP contribution is -2.47. The van der Waals surface area contributed by atoms with Crippen molar-refractivity contribution in [1.82, 2.24) is 4.31 Å². The summed E-state index contributed by atoms with van der Waals surface area (Å²) in [6, 6.07) is 5.18. The number of sulfonamides is 1. The smallest absolute Gasteiger partial charge is 0.322 e. The number of aliphatic carboxylic acids is 1. The maximum Gasteiger partial charge on any atom is 0.322 e. The van der Waals surface area contributed by atoms with E-state index < -0.39 is 22.0 Å². The van der Waals surface area contributed by atoms with Gasteiger partial charge >= 0.3 is 5.97 Å². The van der Waals surface area contributed by atoms with E-state index in [1.54, 1.807) is 6.92 Å². The van der Waals surface area contributed by atoms with Crippen LogP contribution in [0.5, 0.6) is 0 Å². The maximum absolute atomic E-state index is 12.6. The molecule has 0 unspecified atom stereocenters. The van der Waals surface area contributed by atoms with E-state index in [0.29, 0.717) is 30.4 Å². The molecule has 1 aromatic carbocycles. The molecule has 112 valence electrons. The van der Waals surface area contributed by atoms with Gasteiger partial charge in [0, 0.05) is 6.54 Å². The number of rotatable bonds is 3.